The predicted octanol–water partition coefficient (Wildman–Crippen LogP) is 2.65. The van der Waals surface area contributed by atoms with Crippen LogP contribution in [-0.2, 0) is 9.59 Å². The van der Waals surface area contributed by atoms with Crippen molar-refractivity contribution in [3.05, 3.63) is 72.3 Å². The number of benzene rings is 2. The molecule has 29 heavy (non-hydrogen) atoms. The third kappa shape index (κ3) is 4.71. The first-order valence-electron chi connectivity index (χ1n) is 8.74. The van der Waals surface area contributed by atoms with Gasteiger partial charge in [0.15, 0.2) is 0 Å². The summed E-state index contributed by atoms with van der Waals surface area (Å²) in [6.07, 6.45) is 6.05. The van der Waals surface area contributed by atoms with Crippen LogP contribution in [-0.4, -0.2) is 38.1 Å². The monoisotopic (exact) mass is 404 g/mol. The van der Waals surface area contributed by atoms with Crippen molar-refractivity contribution in [1.29, 1.82) is 0 Å². The van der Waals surface area contributed by atoms with Crippen LogP contribution in [0.25, 0.3) is 22.0 Å². The molecule has 0 radical (unpaired) electrons. The van der Waals surface area contributed by atoms with E-state index in [1.165, 1.54) is 23.7 Å². The lowest BCUT2D eigenvalue weighted by Crippen LogP contribution is -2.31. The van der Waals surface area contributed by atoms with Crippen LogP contribution >= 0.6 is 11.3 Å². The largest absolute Gasteiger partial charge is 0.343 e. The maximum absolute atomic E-state index is 12.0. The van der Waals surface area contributed by atoms with E-state index in [4.69, 9.17) is 0 Å². The topological polar surface area (TPSA) is 102 Å². The first kappa shape index (κ1) is 18.5. The van der Waals surface area contributed by atoms with E-state index in [2.05, 4.69) is 25.7 Å². The summed E-state index contributed by atoms with van der Waals surface area (Å²) >= 11 is 1.50. The molecule has 2 amide bonds. The molecule has 8 nitrogen and oxygen atoms in total. The Hall–Kier alpha value is -3.85. The van der Waals surface area contributed by atoms with Gasteiger partial charge in [0.25, 0.3) is 0 Å². The molecule has 2 aromatic carbocycles. The fraction of sp³-hybridized carbons (Fsp3) is 0.0500. The van der Waals surface area contributed by atoms with E-state index in [0.717, 1.165) is 20.9 Å². The molecule has 0 aliphatic rings. The molecule has 9 heteroatoms. The summed E-state index contributed by atoms with van der Waals surface area (Å²) < 4.78 is 2.67. The van der Waals surface area contributed by atoms with E-state index in [0.29, 0.717) is 5.69 Å². The second-order valence-corrected chi connectivity index (χ2v) is 7.07. The minimum Gasteiger partial charge on any atom is -0.343 e. The highest BCUT2D eigenvalue weighted by molar-refractivity contribution is 7.19. The Morgan fingerprint density at radius 2 is 1.93 bits per heavy atom. The number of rotatable bonds is 6. The minimum absolute atomic E-state index is 0.131. The van der Waals surface area contributed by atoms with Gasteiger partial charge in [0.1, 0.15) is 17.7 Å². The van der Waals surface area contributed by atoms with Crippen LogP contribution in [0.3, 0.4) is 0 Å². The summed E-state index contributed by atoms with van der Waals surface area (Å²) in [5.41, 5.74) is 2.35. The van der Waals surface area contributed by atoms with E-state index in [-0.39, 0.29) is 18.4 Å². The molecule has 0 aliphatic carbocycles. The van der Waals surface area contributed by atoms with E-state index in [1.54, 1.807) is 29.2 Å². The molecular weight excluding hydrogens is 388 g/mol. The van der Waals surface area contributed by atoms with Crippen LogP contribution in [0.2, 0.25) is 0 Å². The molecule has 4 rings (SSSR count). The van der Waals surface area contributed by atoms with Crippen LogP contribution in [0.1, 0.15) is 5.01 Å². The number of amides is 2. The molecule has 0 spiro atoms. The average molecular weight is 404 g/mol. The quantitative estimate of drug-likeness (QED) is 0.481. The van der Waals surface area contributed by atoms with Crippen molar-refractivity contribution < 1.29 is 9.59 Å². The van der Waals surface area contributed by atoms with Crippen molar-refractivity contribution in [3.63, 3.8) is 0 Å². The predicted molar refractivity (Wildman–Crippen MR) is 112 cm³/mol. The first-order valence-corrected chi connectivity index (χ1v) is 9.55. The Balaban J connectivity index is 1.27. The van der Waals surface area contributed by atoms with Gasteiger partial charge < -0.3 is 10.6 Å². The lowest BCUT2D eigenvalue weighted by molar-refractivity contribution is -0.121. The number of nitrogens with one attached hydrogen (secondary N) is 2. The molecule has 2 N–H and O–H groups in total. The molecule has 2 aromatic heterocycles. The minimum atomic E-state index is -0.360. The number of aromatic nitrogens is 4. The summed E-state index contributed by atoms with van der Waals surface area (Å²) in [6.45, 7) is -0.131. The summed E-state index contributed by atoms with van der Waals surface area (Å²) in [4.78, 5) is 32.3. The summed E-state index contributed by atoms with van der Waals surface area (Å²) in [6, 6.07) is 14.9. The van der Waals surface area contributed by atoms with Gasteiger partial charge in [-0.1, -0.05) is 12.1 Å². The maximum Gasteiger partial charge on any atom is 0.244 e. The molecule has 0 fully saturated rings. The van der Waals surface area contributed by atoms with Gasteiger partial charge in [-0.2, -0.15) is 5.10 Å². The summed E-state index contributed by atoms with van der Waals surface area (Å²) in [5, 5.41) is 10.1. The van der Waals surface area contributed by atoms with Gasteiger partial charge in [-0.25, -0.2) is 14.6 Å². The maximum atomic E-state index is 12.0. The van der Waals surface area contributed by atoms with Crippen LogP contribution < -0.4 is 10.6 Å². The lowest BCUT2D eigenvalue weighted by atomic mass is 10.3. The molecule has 0 saturated carbocycles. The van der Waals surface area contributed by atoms with Gasteiger partial charge in [-0.05, 0) is 42.5 Å². The highest BCUT2D eigenvalue weighted by atomic mass is 32.1. The van der Waals surface area contributed by atoms with Crippen LogP contribution in [0.5, 0.6) is 0 Å². The zero-order valence-corrected chi connectivity index (χ0v) is 16.0. The van der Waals surface area contributed by atoms with E-state index < -0.39 is 0 Å². The van der Waals surface area contributed by atoms with Crippen molar-refractivity contribution in [2.75, 3.05) is 11.9 Å². The fourth-order valence-corrected chi connectivity index (χ4v) is 3.45. The highest BCUT2D eigenvalue weighted by Crippen LogP contribution is 2.22. The van der Waals surface area contributed by atoms with E-state index >= 15 is 0 Å². The number of fused-ring (bicyclic) bond motifs is 1. The SMILES string of the molecule is O=C(/C=C/c1nc2ccccc2s1)NCC(=O)Nc1ccc(-n2cncn2)cc1. The van der Waals surface area contributed by atoms with Gasteiger partial charge >= 0.3 is 0 Å². The Bertz CT molecular complexity index is 1130. The first-order chi connectivity index (χ1) is 14.2. The van der Waals surface area contributed by atoms with E-state index in [9.17, 15) is 9.59 Å². The Morgan fingerprint density at radius 1 is 1.10 bits per heavy atom. The highest BCUT2D eigenvalue weighted by Gasteiger charge is 2.06. The molecule has 0 bridgehead atoms. The van der Waals surface area contributed by atoms with Crippen molar-refractivity contribution in [3.8, 4) is 5.69 Å². The van der Waals surface area contributed by atoms with Gasteiger partial charge in [0, 0.05) is 11.8 Å². The molecule has 0 saturated heterocycles. The average Bonchev–Trinajstić information content (AvgIpc) is 3.41. The Kier molecular flexibility index (Phi) is 5.39. The molecule has 0 aliphatic heterocycles. The Morgan fingerprint density at radius 3 is 2.69 bits per heavy atom. The van der Waals surface area contributed by atoms with Crippen LogP contribution in [0.15, 0.2) is 67.3 Å². The molecule has 144 valence electrons. The van der Waals surface area contributed by atoms with Crippen LogP contribution in [0, 0.1) is 0 Å². The van der Waals surface area contributed by atoms with Crippen molar-refractivity contribution in [2.45, 2.75) is 0 Å². The number of anilines is 1. The van der Waals surface area contributed by atoms with Crippen molar-refractivity contribution in [1.82, 2.24) is 25.1 Å². The summed E-state index contributed by atoms with van der Waals surface area (Å²) in [5.74, 6) is -0.679. The number of hydrogen-bond donors (Lipinski definition) is 2. The number of para-hydroxylation sites is 1. The fourth-order valence-electron chi connectivity index (χ4n) is 2.58. The molecule has 0 unspecified atom stereocenters. The third-order valence-corrected chi connectivity index (χ3v) is 4.95. The number of hydrogen-bond acceptors (Lipinski definition) is 6. The number of carbonyl (C=O) groups excluding carboxylic acids is 2. The van der Waals surface area contributed by atoms with Crippen molar-refractivity contribution in [2.24, 2.45) is 0 Å². The van der Waals surface area contributed by atoms with Gasteiger partial charge in [0.05, 0.1) is 22.4 Å². The second kappa shape index (κ2) is 8.44. The number of nitrogens with zero attached hydrogens (tertiary/aromatic N) is 4. The number of thiazole rings is 1. The smallest absolute Gasteiger partial charge is 0.244 e. The van der Waals surface area contributed by atoms with Crippen molar-refractivity contribution >= 4 is 45.1 Å². The summed E-state index contributed by atoms with van der Waals surface area (Å²) in [7, 11) is 0. The normalized spacial score (nSPS) is 11.0. The molecule has 2 heterocycles. The Labute approximate surface area is 169 Å². The van der Waals surface area contributed by atoms with Gasteiger partial charge in [-0.3, -0.25) is 9.59 Å². The lowest BCUT2D eigenvalue weighted by Gasteiger charge is -2.07. The van der Waals surface area contributed by atoms with Gasteiger partial charge in [0.2, 0.25) is 11.8 Å². The van der Waals surface area contributed by atoms with Gasteiger partial charge in [-0.15, -0.1) is 11.3 Å². The molecular formula is C20H16N6O2S. The van der Waals surface area contributed by atoms with E-state index in [1.807, 2.05) is 36.4 Å². The second-order valence-electron chi connectivity index (χ2n) is 6.01. The number of carbonyl (C=O) groups is 2. The zero-order valence-electron chi connectivity index (χ0n) is 15.1. The van der Waals surface area contributed by atoms with Crippen LogP contribution in [0.4, 0.5) is 5.69 Å². The third-order valence-electron chi connectivity index (χ3n) is 3.95. The standard InChI is InChI=1S/C20H16N6O2S/c27-18(9-10-20-25-16-3-1-2-4-17(16)29-20)22-11-19(28)24-14-5-7-15(8-6-14)26-13-21-12-23-26/h1-10,12-13H,11H2,(H,22,27)(H,24,28)/b10-9+. The molecule has 0 atom stereocenters. The molecule has 4 aromatic rings. The zero-order chi connectivity index (χ0) is 20.1.